The lowest BCUT2D eigenvalue weighted by molar-refractivity contribution is 0.340. The van der Waals surface area contributed by atoms with Gasteiger partial charge in [-0.3, -0.25) is 0 Å². The lowest BCUT2D eigenvalue weighted by atomic mass is 9.85. The Labute approximate surface area is 165 Å². The molecular formula is C21H28N6O. The van der Waals surface area contributed by atoms with Crippen LogP contribution in [0.4, 0.5) is 17.2 Å². The lowest BCUT2D eigenvalue weighted by Gasteiger charge is -2.24. The van der Waals surface area contributed by atoms with Gasteiger partial charge < -0.3 is 21.5 Å². The molecule has 148 valence electrons. The molecule has 0 radical (unpaired) electrons. The zero-order valence-electron chi connectivity index (χ0n) is 16.5. The molecule has 0 spiro atoms. The molecule has 0 aliphatic heterocycles. The van der Waals surface area contributed by atoms with Crippen LogP contribution in [0, 0.1) is 6.92 Å². The monoisotopic (exact) mass is 380 g/mol. The molecule has 2 heterocycles. The number of imidazole rings is 1. The van der Waals surface area contributed by atoms with E-state index in [1.807, 2.05) is 44.3 Å². The van der Waals surface area contributed by atoms with E-state index < -0.39 is 0 Å². The van der Waals surface area contributed by atoms with Crippen LogP contribution < -0.4 is 21.5 Å². The van der Waals surface area contributed by atoms with E-state index in [0.29, 0.717) is 24.4 Å². The Morgan fingerprint density at radius 3 is 2.57 bits per heavy atom. The van der Waals surface area contributed by atoms with Gasteiger partial charge in [-0.05, 0) is 63.8 Å². The molecular weight excluding hydrogens is 352 g/mol. The SMILES string of the molecule is CCOc1ccc(Nc2c(C)c(N)nn3cc([C@H]4CC[C@H](N)CC4)nc23)cc1. The third kappa shape index (κ3) is 3.62. The van der Waals surface area contributed by atoms with Crippen molar-refractivity contribution >= 4 is 22.8 Å². The van der Waals surface area contributed by atoms with Gasteiger partial charge in [0.05, 0.1) is 24.2 Å². The van der Waals surface area contributed by atoms with Crippen molar-refractivity contribution in [1.82, 2.24) is 14.6 Å². The van der Waals surface area contributed by atoms with Gasteiger partial charge in [0.2, 0.25) is 0 Å². The van der Waals surface area contributed by atoms with Gasteiger partial charge in [-0.15, -0.1) is 5.10 Å². The number of anilines is 3. The van der Waals surface area contributed by atoms with Crippen molar-refractivity contribution in [3.05, 3.63) is 41.7 Å². The minimum absolute atomic E-state index is 0.321. The average molecular weight is 380 g/mol. The van der Waals surface area contributed by atoms with Gasteiger partial charge in [-0.1, -0.05) is 0 Å². The highest BCUT2D eigenvalue weighted by molar-refractivity contribution is 5.80. The first-order chi connectivity index (χ1) is 13.5. The summed E-state index contributed by atoms with van der Waals surface area (Å²) >= 11 is 0. The van der Waals surface area contributed by atoms with E-state index in [-0.39, 0.29) is 0 Å². The topological polar surface area (TPSA) is 103 Å². The van der Waals surface area contributed by atoms with Crippen LogP contribution in [-0.4, -0.2) is 27.2 Å². The predicted molar refractivity (Wildman–Crippen MR) is 112 cm³/mol. The predicted octanol–water partition coefficient (Wildman–Crippen LogP) is 3.75. The van der Waals surface area contributed by atoms with Gasteiger partial charge in [-0.25, -0.2) is 9.50 Å². The fourth-order valence-corrected chi connectivity index (χ4v) is 3.83. The Balaban J connectivity index is 1.67. The minimum Gasteiger partial charge on any atom is -0.494 e. The molecule has 1 fully saturated rings. The van der Waals surface area contributed by atoms with Crippen LogP contribution >= 0.6 is 0 Å². The smallest absolute Gasteiger partial charge is 0.177 e. The van der Waals surface area contributed by atoms with E-state index in [1.165, 1.54) is 0 Å². The Morgan fingerprint density at radius 1 is 1.18 bits per heavy atom. The summed E-state index contributed by atoms with van der Waals surface area (Å²) < 4.78 is 7.31. The van der Waals surface area contributed by atoms with E-state index in [0.717, 1.165) is 59.7 Å². The van der Waals surface area contributed by atoms with Gasteiger partial charge in [0.1, 0.15) is 11.6 Å². The third-order valence-corrected chi connectivity index (χ3v) is 5.53. The average Bonchev–Trinajstić information content (AvgIpc) is 3.11. The van der Waals surface area contributed by atoms with Crippen molar-refractivity contribution in [2.24, 2.45) is 5.73 Å². The van der Waals surface area contributed by atoms with E-state index in [4.69, 9.17) is 21.2 Å². The number of nitrogens with two attached hydrogens (primary N) is 2. The van der Waals surface area contributed by atoms with Gasteiger partial charge in [-0.2, -0.15) is 0 Å². The van der Waals surface area contributed by atoms with Crippen molar-refractivity contribution in [2.75, 3.05) is 17.7 Å². The summed E-state index contributed by atoms with van der Waals surface area (Å²) in [6, 6.07) is 8.20. The first-order valence-corrected chi connectivity index (χ1v) is 9.96. The number of nitrogens with one attached hydrogen (secondary N) is 1. The molecule has 0 amide bonds. The minimum atomic E-state index is 0.321. The van der Waals surface area contributed by atoms with Gasteiger partial charge in [0.25, 0.3) is 0 Å². The Bertz CT molecular complexity index is 957. The summed E-state index contributed by atoms with van der Waals surface area (Å²) in [5.41, 5.74) is 16.8. The molecule has 7 heteroatoms. The highest BCUT2D eigenvalue weighted by Gasteiger charge is 2.23. The molecule has 1 aliphatic rings. The number of ether oxygens (including phenoxy) is 1. The first-order valence-electron chi connectivity index (χ1n) is 9.96. The van der Waals surface area contributed by atoms with Crippen molar-refractivity contribution in [3.63, 3.8) is 0 Å². The summed E-state index contributed by atoms with van der Waals surface area (Å²) in [5, 5.41) is 7.96. The molecule has 0 bridgehead atoms. The van der Waals surface area contributed by atoms with Crippen molar-refractivity contribution in [2.45, 2.75) is 51.5 Å². The maximum Gasteiger partial charge on any atom is 0.177 e. The van der Waals surface area contributed by atoms with Crippen LogP contribution in [-0.2, 0) is 0 Å². The first kappa shape index (κ1) is 18.6. The number of nitrogens with zero attached hydrogens (tertiary/aromatic N) is 3. The molecule has 1 aromatic carbocycles. The molecule has 0 saturated heterocycles. The quantitative estimate of drug-likeness (QED) is 0.623. The number of hydrogen-bond donors (Lipinski definition) is 3. The van der Waals surface area contributed by atoms with Crippen molar-refractivity contribution < 1.29 is 4.74 Å². The summed E-state index contributed by atoms with van der Waals surface area (Å²) in [6.07, 6.45) is 6.24. The number of hydrogen-bond acceptors (Lipinski definition) is 6. The third-order valence-electron chi connectivity index (χ3n) is 5.53. The molecule has 3 aromatic rings. The van der Waals surface area contributed by atoms with Crippen LogP contribution in [0.5, 0.6) is 5.75 Å². The van der Waals surface area contributed by atoms with Crippen LogP contribution in [0.15, 0.2) is 30.5 Å². The maximum absolute atomic E-state index is 6.17. The molecule has 28 heavy (non-hydrogen) atoms. The fraction of sp³-hybridized carbons (Fsp3) is 0.429. The largest absolute Gasteiger partial charge is 0.494 e. The van der Waals surface area contributed by atoms with Crippen LogP contribution in [0.1, 0.15) is 49.8 Å². The molecule has 0 atom stereocenters. The van der Waals surface area contributed by atoms with Crippen LogP contribution in [0.25, 0.3) is 5.65 Å². The fourth-order valence-electron chi connectivity index (χ4n) is 3.83. The number of rotatable bonds is 5. The number of fused-ring (bicyclic) bond motifs is 1. The van der Waals surface area contributed by atoms with E-state index in [2.05, 4.69) is 10.4 Å². The molecule has 1 aliphatic carbocycles. The van der Waals surface area contributed by atoms with E-state index in [1.54, 1.807) is 4.52 Å². The molecule has 0 unspecified atom stereocenters. The summed E-state index contributed by atoms with van der Waals surface area (Å²) in [4.78, 5) is 4.92. The standard InChI is InChI=1S/C21H28N6O/c1-3-28-17-10-8-16(9-11-17)24-19-13(2)20(23)26-27-12-18(25-21(19)27)14-4-6-15(22)7-5-14/h8-12,14-15,24H,3-7,22H2,1-2H3,(H2,23,26)/t14-,15-. The van der Waals surface area contributed by atoms with Crippen molar-refractivity contribution in [1.29, 1.82) is 0 Å². The zero-order valence-corrected chi connectivity index (χ0v) is 16.5. The second-order valence-corrected chi connectivity index (χ2v) is 7.51. The molecule has 5 N–H and O–H groups in total. The van der Waals surface area contributed by atoms with E-state index in [9.17, 15) is 0 Å². The van der Waals surface area contributed by atoms with Crippen LogP contribution in [0.2, 0.25) is 0 Å². The highest BCUT2D eigenvalue weighted by atomic mass is 16.5. The molecule has 2 aromatic heterocycles. The zero-order chi connectivity index (χ0) is 19.7. The second-order valence-electron chi connectivity index (χ2n) is 7.51. The molecule has 4 rings (SSSR count). The number of benzene rings is 1. The Hall–Kier alpha value is -2.80. The summed E-state index contributed by atoms with van der Waals surface area (Å²) in [5.74, 6) is 1.78. The molecule has 1 saturated carbocycles. The lowest BCUT2D eigenvalue weighted by Crippen LogP contribution is -2.25. The Morgan fingerprint density at radius 2 is 1.89 bits per heavy atom. The van der Waals surface area contributed by atoms with Gasteiger partial charge in [0.15, 0.2) is 5.65 Å². The normalized spacial score (nSPS) is 19.7. The number of aromatic nitrogens is 3. The summed E-state index contributed by atoms with van der Waals surface area (Å²) in [7, 11) is 0. The van der Waals surface area contributed by atoms with Crippen molar-refractivity contribution in [3.8, 4) is 5.75 Å². The molecule has 7 nitrogen and oxygen atoms in total. The van der Waals surface area contributed by atoms with E-state index >= 15 is 0 Å². The van der Waals surface area contributed by atoms with Crippen LogP contribution in [0.3, 0.4) is 0 Å². The second kappa shape index (κ2) is 7.67. The number of nitrogen functional groups attached to an aromatic ring is 1. The summed E-state index contributed by atoms with van der Waals surface area (Å²) in [6.45, 7) is 4.59. The highest BCUT2D eigenvalue weighted by Crippen LogP contribution is 2.34. The van der Waals surface area contributed by atoms with Gasteiger partial charge in [0, 0.05) is 23.2 Å². The van der Waals surface area contributed by atoms with Gasteiger partial charge >= 0.3 is 0 Å². The Kier molecular flexibility index (Phi) is 5.09. The maximum atomic E-state index is 6.17.